The molecule has 0 atom stereocenters. The van der Waals surface area contributed by atoms with Gasteiger partial charge in [-0.2, -0.15) is 11.3 Å². The molecule has 0 spiro atoms. The third kappa shape index (κ3) is 3.07. The van der Waals surface area contributed by atoms with Crippen LogP contribution in [0.15, 0.2) is 39.4 Å². The van der Waals surface area contributed by atoms with Gasteiger partial charge in [0.25, 0.3) is 11.8 Å². The van der Waals surface area contributed by atoms with Gasteiger partial charge in [0, 0.05) is 16.0 Å². The molecule has 1 amide bonds. The van der Waals surface area contributed by atoms with Gasteiger partial charge in [0.15, 0.2) is 0 Å². The number of thiophene rings is 1. The zero-order valence-electron chi connectivity index (χ0n) is 10.3. The molecular formula is C13H7Cl2N3O2S. The van der Waals surface area contributed by atoms with Gasteiger partial charge in [-0.1, -0.05) is 28.3 Å². The molecule has 0 unspecified atom stereocenters. The van der Waals surface area contributed by atoms with Crippen LogP contribution in [0.3, 0.4) is 0 Å². The first-order valence-corrected chi connectivity index (χ1v) is 7.46. The molecule has 0 radical (unpaired) electrons. The van der Waals surface area contributed by atoms with Crippen LogP contribution in [0.2, 0.25) is 10.0 Å². The summed E-state index contributed by atoms with van der Waals surface area (Å²) in [6.07, 6.45) is 0. The highest BCUT2D eigenvalue weighted by atomic mass is 35.5. The lowest BCUT2D eigenvalue weighted by molar-refractivity contribution is 0.102. The number of halogens is 2. The standard InChI is InChI=1S/C13H7Cl2N3O2S/c14-8-1-2-9(10(15)5-8)11(19)16-13-18-17-12(20-13)7-3-4-21-6-7/h1-6H,(H,16,18,19). The molecule has 0 bridgehead atoms. The first kappa shape index (κ1) is 14.1. The summed E-state index contributed by atoms with van der Waals surface area (Å²) in [6.45, 7) is 0. The summed E-state index contributed by atoms with van der Waals surface area (Å²) in [5.74, 6) is -0.106. The number of hydrogen-bond donors (Lipinski definition) is 1. The van der Waals surface area contributed by atoms with Crippen molar-refractivity contribution in [1.82, 2.24) is 10.2 Å². The molecule has 3 rings (SSSR count). The zero-order chi connectivity index (χ0) is 14.8. The predicted molar refractivity (Wildman–Crippen MR) is 82.0 cm³/mol. The van der Waals surface area contributed by atoms with E-state index in [1.54, 1.807) is 6.07 Å². The van der Waals surface area contributed by atoms with Crippen molar-refractivity contribution in [1.29, 1.82) is 0 Å². The van der Waals surface area contributed by atoms with Crippen LogP contribution in [0.4, 0.5) is 6.01 Å². The Bertz CT molecular complexity index is 787. The van der Waals surface area contributed by atoms with Crippen LogP contribution in [0.1, 0.15) is 10.4 Å². The van der Waals surface area contributed by atoms with Crippen molar-refractivity contribution in [2.45, 2.75) is 0 Å². The molecule has 0 aliphatic rings. The zero-order valence-corrected chi connectivity index (χ0v) is 12.7. The molecule has 106 valence electrons. The molecule has 5 nitrogen and oxygen atoms in total. The molecule has 2 heterocycles. The van der Waals surface area contributed by atoms with E-state index in [2.05, 4.69) is 15.5 Å². The monoisotopic (exact) mass is 339 g/mol. The molecule has 0 saturated heterocycles. The maximum atomic E-state index is 12.1. The summed E-state index contributed by atoms with van der Waals surface area (Å²) in [7, 11) is 0. The second-order valence-corrected chi connectivity index (χ2v) is 5.63. The number of aromatic nitrogens is 2. The van der Waals surface area contributed by atoms with E-state index < -0.39 is 5.91 Å². The predicted octanol–water partition coefficient (Wildman–Crippen LogP) is 4.36. The second-order valence-electron chi connectivity index (χ2n) is 4.00. The fourth-order valence-electron chi connectivity index (χ4n) is 1.61. The number of carbonyl (C=O) groups excluding carboxylic acids is 1. The number of amides is 1. The van der Waals surface area contributed by atoms with E-state index in [4.69, 9.17) is 27.6 Å². The Morgan fingerprint density at radius 2 is 2.10 bits per heavy atom. The normalized spacial score (nSPS) is 10.6. The maximum absolute atomic E-state index is 12.1. The minimum Gasteiger partial charge on any atom is -0.403 e. The largest absolute Gasteiger partial charge is 0.403 e. The number of benzene rings is 1. The SMILES string of the molecule is O=C(Nc1nnc(-c2ccsc2)o1)c1ccc(Cl)cc1Cl. The highest BCUT2D eigenvalue weighted by Gasteiger charge is 2.15. The summed E-state index contributed by atoms with van der Waals surface area (Å²) in [5.41, 5.74) is 1.08. The lowest BCUT2D eigenvalue weighted by Gasteiger charge is -2.03. The molecule has 8 heteroatoms. The third-order valence-electron chi connectivity index (χ3n) is 2.59. The first-order valence-electron chi connectivity index (χ1n) is 5.76. The second kappa shape index (κ2) is 5.85. The van der Waals surface area contributed by atoms with Crippen LogP contribution >= 0.6 is 34.5 Å². The minimum atomic E-state index is -0.447. The van der Waals surface area contributed by atoms with Gasteiger partial charge in [-0.05, 0) is 29.6 Å². The van der Waals surface area contributed by atoms with Gasteiger partial charge in [-0.25, -0.2) is 0 Å². The molecule has 3 aromatic rings. The number of carbonyl (C=O) groups is 1. The van der Waals surface area contributed by atoms with Gasteiger partial charge in [0.2, 0.25) is 0 Å². The van der Waals surface area contributed by atoms with Crippen molar-refractivity contribution in [3.8, 4) is 11.5 Å². The maximum Gasteiger partial charge on any atom is 0.322 e. The number of anilines is 1. The molecule has 2 aromatic heterocycles. The van der Waals surface area contributed by atoms with Crippen LogP contribution in [-0.4, -0.2) is 16.1 Å². The Morgan fingerprint density at radius 1 is 1.24 bits per heavy atom. The molecule has 0 aliphatic heterocycles. The quantitative estimate of drug-likeness (QED) is 0.769. The Kier molecular flexibility index (Phi) is 3.92. The van der Waals surface area contributed by atoms with E-state index in [0.717, 1.165) is 5.56 Å². The van der Waals surface area contributed by atoms with E-state index in [1.165, 1.54) is 23.5 Å². The van der Waals surface area contributed by atoms with Crippen molar-refractivity contribution < 1.29 is 9.21 Å². The highest BCUT2D eigenvalue weighted by Crippen LogP contribution is 2.24. The third-order valence-corrected chi connectivity index (χ3v) is 3.82. The van der Waals surface area contributed by atoms with Crippen LogP contribution in [-0.2, 0) is 0 Å². The van der Waals surface area contributed by atoms with Crippen molar-refractivity contribution in [3.63, 3.8) is 0 Å². The van der Waals surface area contributed by atoms with Gasteiger partial charge in [-0.3, -0.25) is 10.1 Å². The number of rotatable bonds is 3. The van der Waals surface area contributed by atoms with Gasteiger partial charge in [0.1, 0.15) is 0 Å². The smallest absolute Gasteiger partial charge is 0.322 e. The average molecular weight is 340 g/mol. The number of nitrogens with zero attached hydrogens (tertiary/aromatic N) is 2. The lowest BCUT2D eigenvalue weighted by atomic mass is 10.2. The molecule has 21 heavy (non-hydrogen) atoms. The number of nitrogens with one attached hydrogen (secondary N) is 1. The minimum absolute atomic E-state index is 0.00668. The summed E-state index contributed by atoms with van der Waals surface area (Å²) in [4.78, 5) is 12.1. The van der Waals surface area contributed by atoms with E-state index in [-0.39, 0.29) is 16.6 Å². The van der Waals surface area contributed by atoms with Crippen LogP contribution in [0.5, 0.6) is 0 Å². The Morgan fingerprint density at radius 3 is 2.81 bits per heavy atom. The first-order chi connectivity index (χ1) is 10.1. The van der Waals surface area contributed by atoms with Crippen molar-refractivity contribution in [3.05, 3.63) is 50.6 Å². The Labute approximate surface area is 133 Å². The summed E-state index contributed by atoms with van der Waals surface area (Å²) in [6, 6.07) is 6.44. The van der Waals surface area contributed by atoms with E-state index in [1.807, 2.05) is 16.8 Å². The Hall–Kier alpha value is -1.89. The van der Waals surface area contributed by atoms with Crippen molar-refractivity contribution >= 4 is 46.5 Å². The molecule has 0 aliphatic carbocycles. The van der Waals surface area contributed by atoms with Crippen molar-refractivity contribution in [2.75, 3.05) is 5.32 Å². The summed E-state index contributed by atoms with van der Waals surface area (Å²) in [5, 5.41) is 14.6. The van der Waals surface area contributed by atoms with Gasteiger partial charge in [0.05, 0.1) is 10.6 Å². The van der Waals surface area contributed by atoms with E-state index >= 15 is 0 Å². The van der Waals surface area contributed by atoms with E-state index in [0.29, 0.717) is 10.9 Å². The van der Waals surface area contributed by atoms with Gasteiger partial charge in [-0.15, -0.1) is 5.10 Å². The average Bonchev–Trinajstić information content (AvgIpc) is 3.08. The fraction of sp³-hybridized carbons (Fsp3) is 0. The van der Waals surface area contributed by atoms with Crippen LogP contribution in [0.25, 0.3) is 11.5 Å². The van der Waals surface area contributed by atoms with Crippen LogP contribution in [0, 0.1) is 0 Å². The summed E-state index contributed by atoms with van der Waals surface area (Å²) >= 11 is 13.3. The Balaban J connectivity index is 1.79. The van der Waals surface area contributed by atoms with E-state index in [9.17, 15) is 4.79 Å². The molecule has 0 fully saturated rings. The number of hydrogen-bond acceptors (Lipinski definition) is 5. The molecule has 1 aromatic carbocycles. The van der Waals surface area contributed by atoms with Crippen molar-refractivity contribution in [2.24, 2.45) is 0 Å². The van der Waals surface area contributed by atoms with Gasteiger partial charge >= 0.3 is 6.01 Å². The fourth-order valence-corrected chi connectivity index (χ4v) is 2.74. The summed E-state index contributed by atoms with van der Waals surface area (Å²) < 4.78 is 5.37. The molecule has 1 N–H and O–H groups in total. The topological polar surface area (TPSA) is 68.0 Å². The highest BCUT2D eigenvalue weighted by molar-refractivity contribution is 7.08. The molecule has 0 saturated carbocycles. The molecular weight excluding hydrogens is 333 g/mol. The van der Waals surface area contributed by atoms with Gasteiger partial charge < -0.3 is 4.42 Å². The lowest BCUT2D eigenvalue weighted by Crippen LogP contribution is -2.12. The van der Waals surface area contributed by atoms with Crippen LogP contribution < -0.4 is 5.32 Å².